The fourth-order valence-corrected chi connectivity index (χ4v) is 7.59. The van der Waals surface area contributed by atoms with Gasteiger partial charge in [0.2, 0.25) is 41.4 Å². The first-order valence-electron chi connectivity index (χ1n) is 22.2. The van der Waals surface area contributed by atoms with Crippen LogP contribution in [0.15, 0.2) is 54.6 Å². The first-order chi connectivity index (χ1) is 31.6. The zero-order valence-electron chi connectivity index (χ0n) is 38.3. The number of aliphatic hydroxyl groups excluding tert-OH is 1. The molecule has 3 rings (SSSR count). The zero-order chi connectivity index (χ0) is 50.0. The van der Waals surface area contributed by atoms with Gasteiger partial charge in [0.25, 0.3) is 5.91 Å². The molecule has 22 heteroatoms. The number of nitrogens with one attached hydrogen (secondary N) is 5. The van der Waals surface area contributed by atoms with Crippen molar-refractivity contribution in [1.82, 2.24) is 36.6 Å². The van der Waals surface area contributed by atoms with Gasteiger partial charge < -0.3 is 58.7 Å². The standard InChI is InChI=1S/C45H66N10O12/c1-25(2)37(42(63)52-38(26(3)56)44(65)55(35(45(66)67)19-20-36(47)59)53-32(39(48)60)23-28-11-6-5-7-12-28)51-41(62)34-14-10-22-54(34)43(64)31(13-8-9-21-46)50-40(61)33(49-27(4)57)24-29-15-17-30(58)18-16-29/h5-7,11-12,15-18,25-26,31-35,37-38,53,56,58H,8-10,13-14,19-24,46H2,1-4H3,(H2,47,59)(H2,48,60)(H,49,57)(H,50,61)(H,51,62)(H,52,63)(H,66,67)/t26-,31+,32+,33+,34+,35+,37+,38+/m1/s1. The monoisotopic (exact) mass is 938 g/mol. The summed E-state index contributed by atoms with van der Waals surface area (Å²) in [6.07, 6.45) is -1.14. The third-order valence-corrected chi connectivity index (χ3v) is 11.2. The zero-order valence-corrected chi connectivity index (χ0v) is 38.3. The summed E-state index contributed by atoms with van der Waals surface area (Å²) in [6.45, 7) is 6.01. The van der Waals surface area contributed by atoms with Gasteiger partial charge in [-0.05, 0) is 87.6 Å². The van der Waals surface area contributed by atoms with Crippen LogP contribution >= 0.6 is 0 Å². The number of hydrogen-bond donors (Lipinski definition) is 11. The lowest BCUT2D eigenvalue weighted by Crippen LogP contribution is -2.66. The summed E-state index contributed by atoms with van der Waals surface area (Å²) in [5, 5.41) is 41.8. The molecule has 2 aromatic rings. The van der Waals surface area contributed by atoms with Crippen LogP contribution in [-0.4, -0.2) is 140 Å². The van der Waals surface area contributed by atoms with Crippen LogP contribution in [0.1, 0.15) is 83.8 Å². The molecular weight excluding hydrogens is 873 g/mol. The molecule has 8 atom stereocenters. The maximum Gasteiger partial charge on any atom is 0.328 e. The van der Waals surface area contributed by atoms with E-state index >= 15 is 0 Å². The molecule has 368 valence electrons. The molecule has 22 nitrogen and oxygen atoms in total. The molecule has 1 aliphatic rings. The lowest BCUT2D eigenvalue weighted by Gasteiger charge is -2.36. The van der Waals surface area contributed by atoms with Crippen molar-refractivity contribution in [3.8, 4) is 5.75 Å². The number of phenols is 1. The quantitative estimate of drug-likeness (QED) is 0.0348. The van der Waals surface area contributed by atoms with Crippen molar-refractivity contribution >= 4 is 53.2 Å². The number of primary amides is 2. The van der Waals surface area contributed by atoms with E-state index in [9.17, 15) is 58.5 Å². The highest BCUT2D eigenvalue weighted by molar-refractivity contribution is 5.97. The predicted molar refractivity (Wildman–Crippen MR) is 242 cm³/mol. The minimum absolute atomic E-state index is 0.00917. The molecule has 0 spiro atoms. The SMILES string of the molecule is CC(=O)N[C@@H](Cc1ccc(O)cc1)C(=O)N[C@@H](CCCCN)C(=O)N1CCC[C@H]1C(=O)N[C@H](C(=O)N[C@H](C(=O)N(N[C@@H](Cc1ccccc1)C(N)=O)[C@@H](CCC(N)=O)C(=O)O)[C@@H](C)O)C(C)C. The van der Waals surface area contributed by atoms with Crippen LogP contribution in [-0.2, 0) is 56.0 Å². The topological polar surface area (TPSA) is 359 Å². The third kappa shape index (κ3) is 16.9. The maximum absolute atomic E-state index is 14.4. The number of unbranched alkanes of at least 4 members (excludes halogenated alkanes) is 1. The van der Waals surface area contributed by atoms with Gasteiger partial charge in [-0.25, -0.2) is 10.2 Å². The van der Waals surface area contributed by atoms with Gasteiger partial charge in [-0.3, -0.25) is 43.4 Å². The number of benzene rings is 2. The number of amides is 8. The molecule has 67 heavy (non-hydrogen) atoms. The van der Waals surface area contributed by atoms with E-state index in [1.165, 1.54) is 24.0 Å². The molecule has 2 aromatic carbocycles. The van der Waals surface area contributed by atoms with Gasteiger partial charge in [-0.2, -0.15) is 0 Å². The summed E-state index contributed by atoms with van der Waals surface area (Å²) in [4.78, 5) is 121. The number of nitrogens with two attached hydrogens (primary N) is 3. The largest absolute Gasteiger partial charge is 0.508 e. The van der Waals surface area contributed by atoms with Gasteiger partial charge >= 0.3 is 5.97 Å². The summed E-state index contributed by atoms with van der Waals surface area (Å²) in [6, 6.07) is 4.59. The summed E-state index contributed by atoms with van der Waals surface area (Å²) < 4.78 is 0. The van der Waals surface area contributed by atoms with Gasteiger partial charge in [0.1, 0.15) is 48.0 Å². The van der Waals surface area contributed by atoms with Crippen molar-refractivity contribution in [2.75, 3.05) is 13.1 Å². The van der Waals surface area contributed by atoms with E-state index in [-0.39, 0.29) is 38.0 Å². The molecule has 1 aliphatic heterocycles. The summed E-state index contributed by atoms with van der Waals surface area (Å²) in [5.41, 5.74) is 20.5. The number of rotatable bonds is 27. The summed E-state index contributed by atoms with van der Waals surface area (Å²) >= 11 is 0. The Balaban J connectivity index is 1.88. The number of carbonyl (C=O) groups excluding carboxylic acids is 8. The van der Waals surface area contributed by atoms with Crippen LogP contribution in [0.4, 0.5) is 0 Å². The molecule has 8 amide bonds. The van der Waals surface area contributed by atoms with Crippen LogP contribution in [0.5, 0.6) is 5.75 Å². The molecular formula is C45H66N10O12. The second-order valence-corrected chi connectivity index (χ2v) is 17.0. The van der Waals surface area contributed by atoms with E-state index in [2.05, 4.69) is 26.7 Å². The van der Waals surface area contributed by atoms with Gasteiger partial charge in [0.15, 0.2) is 0 Å². The first-order valence-corrected chi connectivity index (χ1v) is 22.2. The van der Waals surface area contributed by atoms with Gasteiger partial charge in [-0.1, -0.05) is 56.3 Å². The highest BCUT2D eigenvalue weighted by Crippen LogP contribution is 2.22. The Morgan fingerprint density at radius 2 is 1.40 bits per heavy atom. The fraction of sp³-hybridized carbons (Fsp3) is 0.533. The van der Waals surface area contributed by atoms with Crippen LogP contribution in [0, 0.1) is 5.92 Å². The molecule has 1 saturated heterocycles. The second-order valence-electron chi connectivity index (χ2n) is 17.0. The molecule has 0 saturated carbocycles. The Morgan fingerprint density at radius 3 is 1.96 bits per heavy atom. The molecule has 1 heterocycles. The van der Waals surface area contributed by atoms with Gasteiger partial charge in [0, 0.05) is 26.3 Å². The normalized spacial score (nSPS) is 16.6. The molecule has 0 aromatic heterocycles. The smallest absolute Gasteiger partial charge is 0.328 e. The van der Waals surface area contributed by atoms with Crippen molar-refractivity contribution < 1.29 is 58.5 Å². The molecule has 0 bridgehead atoms. The number of aliphatic hydroxyl groups is 1. The number of phenolic OH excluding ortho intramolecular Hbond substituents is 1. The van der Waals surface area contributed by atoms with E-state index in [4.69, 9.17) is 17.2 Å². The van der Waals surface area contributed by atoms with Crippen molar-refractivity contribution in [3.05, 3.63) is 65.7 Å². The number of nitrogens with zero attached hydrogens (tertiary/aromatic N) is 2. The van der Waals surface area contributed by atoms with E-state index < -0.39 is 120 Å². The van der Waals surface area contributed by atoms with Gasteiger partial charge in [-0.15, -0.1) is 0 Å². The first kappa shape index (κ1) is 54.7. The average Bonchev–Trinajstić information content (AvgIpc) is 3.76. The average molecular weight is 939 g/mol. The predicted octanol–water partition coefficient (Wildman–Crippen LogP) is -1.80. The summed E-state index contributed by atoms with van der Waals surface area (Å²) in [7, 11) is 0. The Labute approximate surface area is 389 Å². The lowest BCUT2D eigenvalue weighted by molar-refractivity contribution is -0.158. The number of aromatic hydroxyl groups is 1. The molecule has 0 unspecified atom stereocenters. The number of hydrazine groups is 1. The van der Waals surface area contributed by atoms with Crippen molar-refractivity contribution in [3.63, 3.8) is 0 Å². The number of likely N-dealkylation sites (tertiary alicyclic amines) is 1. The minimum atomic E-state index is -1.89. The van der Waals surface area contributed by atoms with E-state index in [1.807, 2.05) is 0 Å². The maximum atomic E-state index is 14.4. The Morgan fingerprint density at radius 1 is 0.776 bits per heavy atom. The Kier molecular flexibility index (Phi) is 21.6. The van der Waals surface area contributed by atoms with Crippen LogP contribution in [0.2, 0.25) is 0 Å². The molecule has 14 N–H and O–H groups in total. The number of carbonyl (C=O) groups is 9. The van der Waals surface area contributed by atoms with Crippen LogP contribution in [0.3, 0.4) is 0 Å². The highest BCUT2D eigenvalue weighted by Gasteiger charge is 2.42. The van der Waals surface area contributed by atoms with E-state index in [0.717, 1.165) is 6.92 Å². The molecule has 1 fully saturated rings. The van der Waals surface area contributed by atoms with E-state index in [0.29, 0.717) is 41.9 Å². The van der Waals surface area contributed by atoms with Crippen molar-refractivity contribution in [2.24, 2.45) is 23.1 Å². The Hall–Kier alpha value is -6.65. The van der Waals surface area contributed by atoms with Crippen LogP contribution in [0.25, 0.3) is 0 Å². The second kappa shape index (κ2) is 26.5. The number of hydrogen-bond acceptors (Lipinski definition) is 13. The lowest BCUT2D eigenvalue weighted by atomic mass is 10.0. The number of carboxylic acids is 1. The van der Waals surface area contributed by atoms with Gasteiger partial charge in [0.05, 0.1) is 6.10 Å². The number of aliphatic carboxylic acids is 1. The summed E-state index contributed by atoms with van der Waals surface area (Å²) in [5.74, 6) is -8.82. The minimum Gasteiger partial charge on any atom is -0.508 e. The highest BCUT2D eigenvalue weighted by atomic mass is 16.4. The fourth-order valence-electron chi connectivity index (χ4n) is 7.59. The van der Waals surface area contributed by atoms with E-state index in [1.54, 1.807) is 56.3 Å². The Bertz CT molecular complexity index is 2040. The molecule has 0 radical (unpaired) electrons. The third-order valence-electron chi connectivity index (χ3n) is 11.2. The number of carboxylic acid groups (broad SMARTS) is 1. The van der Waals surface area contributed by atoms with Crippen LogP contribution < -0.4 is 43.9 Å². The van der Waals surface area contributed by atoms with Crippen molar-refractivity contribution in [2.45, 2.75) is 134 Å². The molecule has 0 aliphatic carbocycles. The van der Waals surface area contributed by atoms with Crippen molar-refractivity contribution in [1.29, 1.82) is 0 Å².